The third-order valence-corrected chi connectivity index (χ3v) is 6.41. The van der Waals surface area contributed by atoms with E-state index in [1.807, 2.05) is 6.07 Å². The van der Waals surface area contributed by atoms with Gasteiger partial charge < -0.3 is 0 Å². The summed E-state index contributed by atoms with van der Waals surface area (Å²) in [5.74, 6) is -0.608. The van der Waals surface area contributed by atoms with Gasteiger partial charge in [-0.05, 0) is 90.8 Å². The van der Waals surface area contributed by atoms with Crippen LogP contribution < -0.4 is 0 Å². The predicted octanol–water partition coefficient (Wildman–Crippen LogP) is 7.27. The molecule has 0 aromatic heterocycles. The molecule has 0 unspecified atom stereocenters. The Hall–Kier alpha value is -2.03. The lowest BCUT2D eigenvalue weighted by atomic mass is 9.77. The fraction of sp³-hybridized carbons (Fsp3) is 0.417. The topological polar surface area (TPSA) is 0 Å². The van der Waals surface area contributed by atoms with Crippen molar-refractivity contribution in [2.45, 2.75) is 57.8 Å². The zero-order valence-electron chi connectivity index (χ0n) is 15.7. The average molecular weight is 370 g/mol. The predicted molar refractivity (Wildman–Crippen MR) is 104 cm³/mol. The number of allylic oxidation sites excluding steroid dienone is 1. The van der Waals surface area contributed by atoms with E-state index in [-0.39, 0.29) is 5.82 Å². The van der Waals surface area contributed by atoms with Crippen molar-refractivity contribution in [2.75, 3.05) is 0 Å². The zero-order chi connectivity index (χ0) is 19.0. The van der Waals surface area contributed by atoms with Crippen LogP contribution in [0.4, 0.5) is 13.2 Å². The fourth-order valence-corrected chi connectivity index (χ4v) is 4.65. The minimum absolute atomic E-state index is 0.206. The van der Waals surface area contributed by atoms with Crippen LogP contribution in [0, 0.1) is 23.4 Å². The van der Waals surface area contributed by atoms with Gasteiger partial charge >= 0.3 is 0 Å². The van der Waals surface area contributed by atoms with E-state index in [0.717, 1.165) is 35.5 Å². The number of benzene rings is 2. The molecule has 0 atom stereocenters. The Labute approximate surface area is 159 Å². The minimum Gasteiger partial charge on any atom is -0.206 e. The lowest BCUT2D eigenvalue weighted by molar-refractivity contribution is 0.318. The Balaban J connectivity index is 1.58. The number of hydrogen-bond donors (Lipinski definition) is 0. The van der Waals surface area contributed by atoms with E-state index in [1.165, 1.54) is 31.4 Å². The normalized spacial score (nSPS) is 22.3. The van der Waals surface area contributed by atoms with E-state index in [0.29, 0.717) is 29.9 Å². The van der Waals surface area contributed by atoms with Crippen molar-refractivity contribution in [3.8, 4) is 0 Å². The zero-order valence-corrected chi connectivity index (χ0v) is 15.7. The van der Waals surface area contributed by atoms with Gasteiger partial charge in [0.15, 0.2) is 11.6 Å². The van der Waals surface area contributed by atoms with Gasteiger partial charge in [-0.15, -0.1) is 0 Å². The molecule has 4 rings (SSSR count). The molecule has 2 aromatic carbocycles. The van der Waals surface area contributed by atoms with Crippen LogP contribution in [-0.2, 0) is 6.42 Å². The Kier molecular flexibility index (Phi) is 5.12. The summed E-state index contributed by atoms with van der Waals surface area (Å²) in [6, 6.07) is 8.07. The molecule has 0 heterocycles. The number of fused-ring (bicyclic) bond motifs is 1. The van der Waals surface area contributed by atoms with Crippen molar-refractivity contribution < 1.29 is 13.2 Å². The van der Waals surface area contributed by atoms with Crippen LogP contribution in [0.15, 0.2) is 30.3 Å². The van der Waals surface area contributed by atoms with Crippen molar-refractivity contribution in [3.05, 3.63) is 70.0 Å². The molecule has 0 radical (unpaired) electrons. The van der Waals surface area contributed by atoms with Gasteiger partial charge in [0, 0.05) is 5.56 Å². The van der Waals surface area contributed by atoms with Crippen molar-refractivity contribution in [3.63, 3.8) is 0 Å². The molecule has 1 saturated carbocycles. The first-order chi connectivity index (χ1) is 13.0. The summed E-state index contributed by atoms with van der Waals surface area (Å²) in [6.45, 7) is 2.25. The summed E-state index contributed by atoms with van der Waals surface area (Å²) in [4.78, 5) is 0. The van der Waals surface area contributed by atoms with E-state index >= 15 is 0 Å². The second-order valence-corrected chi connectivity index (χ2v) is 8.00. The quantitative estimate of drug-likeness (QED) is 0.533. The molecule has 0 bridgehead atoms. The molecule has 0 N–H and O–H groups in total. The molecule has 0 saturated heterocycles. The maximum absolute atomic E-state index is 14.9. The summed E-state index contributed by atoms with van der Waals surface area (Å²) in [5.41, 5.74) is 3.96. The van der Waals surface area contributed by atoms with Crippen molar-refractivity contribution in [1.82, 2.24) is 0 Å². The molecule has 0 spiro atoms. The monoisotopic (exact) mass is 370 g/mol. The van der Waals surface area contributed by atoms with Crippen LogP contribution in [0.5, 0.6) is 0 Å². The number of hydrogen-bond acceptors (Lipinski definition) is 0. The van der Waals surface area contributed by atoms with Crippen LogP contribution in [-0.4, -0.2) is 0 Å². The second-order valence-electron chi connectivity index (χ2n) is 8.00. The van der Waals surface area contributed by atoms with Crippen LogP contribution in [0.1, 0.15) is 73.6 Å². The van der Waals surface area contributed by atoms with Crippen LogP contribution in [0.3, 0.4) is 0 Å². The van der Waals surface area contributed by atoms with Gasteiger partial charge in [0.05, 0.1) is 0 Å². The van der Waals surface area contributed by atoms with E-state index in [1.54, 1.807) is 12.1 Å². The number of aryl methyl sites for hydroxylation is 1. The Bertz CT molecular complexity index is 873. The lowest BCUT2D eigenvalue weighted by Gasteiger charge is -2.28. The van der Waals surface area contributed by atoms with E-state index < -0.39 is 11.6 Å². The highest BCUT2D eigenvalue weighted by Gasteiger charge is 2.23. The summed E-state index contributed by atoms with van der Waals surface area (Å²) < 4.78 is 41.8. The summed E-state index contributed by atoms with van der Waals surface area (Å²) in [5, 5.41) is 0. The highest BCUT2D eigenvalue weighted by atomic mass is 19.2. The molecular formula is C24H25F3. The van der Waals surface area contributed by atoms with E-state index in [9.17, 15) is 13.2 Å². The molecule has 0 amide bonds. The molecule has 2 aliphatic rings. The first-order valence-corrected chi connectivity index (χ1v) is 10.0. The number of halogens is 3. The highest BCUT2D eigenvalue weighted by Crippen LogP contribution is 2.39. The molecule has 27 heavy (non-hydrogen) atoms. The first kappa shape index (κ1) is 18.3. The molecule has 142 valence electrons. The van der Waals surface area contributed by atoms with Gasteiger partial charge in [-0.25, -0.2) is 13.2 Å². The van der Waals surface area contributed by atoms with Crippen molar-refractivity contribution in [2.24, 2.45) is 5.92 Å². The third-order valence-electron chi connectivity index (χ3n) is 6.41. The van der Waals surface area contributed by atoms with Gasteiger partial charge in [0.1, 0.15) is 5.82 Å². The molecule has 0 aliphatic heterocycles. The third kappa shape index (κ3) is 3.69. The Morgan fingerprint density at radius 2 is 1.59 bits per heavy atom. The largest absolute Gasteiger partial charge is 0.206 e. The maximum Gasteiger partial charge on any atom is 0.159 e. The van der Waals surface area contributed by atoms with Gasteiger partial charge in [0.2, 0.25) is 0 Å². The maximum atomic E-state index is 14.9. The molecule has 3 heteroatoms. The summed E-state index contributed by atoms with van der Waals surface area (Å²) in [6.07, 6.45) is 9.00. The van der Waals surface area contributed by atoms with Crippen molar-refractivity contribution in [1.29, 1.82) is 0 Å². The van der Waals surface area contributed by atoms with Gasteiger partial charge in [-0.2, -0.15) is 0 Å². The molecular weight excluding hydrogens is 345 g/mol. The summed E-state index contributed by atoms with van der Waals surface area (Å²) in [7, 11) is 0. The Morgan fingerprint density at radius 1 is 0.852 bits per heavy atom. The van der Waals surface area contributed by atoms with E-state index in [4.69, 9.17) is 0 Å². The van der Waals surface area contributed by atoms with E-state index in [2.05, 4.69) is 13.0 Å². The Morgan fingerprint density at radius 3 is 2.30 bits per heavy atom. The van der Waals surface area contributed by atoms with Gasteiger partial charge in [0.25, 0.3) is 0 Å². The molecule has 0 nitrogen and oxygen atoms in total. The summed E-state index contributed by atoms with van der Waals surface area (Å²) >= 11 is 0. The first-order valence-electron chi connectivity index (χ1n) is 10.0. The van der Waals surface area contributed by atoms with Gasteiger partial charge in [-0.3, -0.25) is 0 Å². The average Bonchev–Trinajstić information content (AvgIpc) is 2.68. The molecule has 1 fully saturated rings. The van der Waals surface area contributed by atoms with Gasteiger partial charge in [-0.1, -0.05) is 31.6 Å². The van der Waals surface area contributed by atoms with Crippen molar-refractivity contribution >= 4 is 11.6 Å². The fourth-order valence-electron chi connectivity index (χ4n) is 4.65. The van der Waals surface area contributed by atoms with Crippen LogP contribution in [0.2, 0.25) is 0 Å². The smallest absolute Gasteiger partial charge is 0.159 e. The SMILES string of the molecule is CCC1CCC(c2ccc(C3=Cc4cc(F)c(F)cc4CC3)c(F)c2)CC1. The minimum atomic E-state index is -0.857. The standard InChI is InChI=1S/C24H25F3/c1-2-15-3-5-16(6-4-15)17-9-10-21(22(25)12-17)19-8-7-18-13-23(26)24(27)14-20(18)11-19/h9-16H,2-8H2,1H3. The molecule has 2 aromatic rings. The molecule has 2 aliphatic carbocycles. The second kappa shape index (κ2) is 7.53. The highest BCUT2D eigenvalue weighted by molar-refractivity contribution is 5.84. The lowest BCUT2D eigenvalue weighted by Crippen LogP contribution is -2.13. The van der Waals surface area contributed by atoms with Crippen LogP contribution in [0.25, 0.3) is 11.6 Å². The van der Waals surface area contributed by atoms with Crippen LogP contribution >= 0.6 is 0 Å². The number of rotatable bonds is 3.